The quantitative estimate of drug-likeness (QED) is 0.0126. The summed E-state index contributed by atoms with van der Waals surface area (Å²) in [4.78, 5) is 173. The summed E-state index contributed by atoms with van der Waals surface area (Å²) in [5.74, 6) is -10.9. The third-order valence-corrected chi connectivity index (χ3v) is 14.3. The van der Waals surface area contributed by atoms with Crippen LogP contribution in [0.4, 0.5) is 0 Å². The van der Waals surface area contributed by atoms with Crippen molar-refractivity contribution in [2.45, 2.75) is 160 Å². The highest BCUT2D eigenvalue weighted by Crippen LogP contribution is 2.19. The van der Waals surface area contributed by atoms with E-state index < -0.39 is 157 Å². The molecule has 22 N–H and O–H groups in total. The Labute approximate surface area is 523 Å². The van der Waals surface area contributed by atoms with E-state index in [2.05, 4.69) is 76.4 Å². The Kier molecular flexibility index (Phi) is 35.4. The molecular formula is C56H94N18O14S. The van der Waals surface area contributed by atoms with Gasteiger partial charge in [0.25, 0.3) is 0 Å². The first-order valence-electron chi connectivity index (χ1n) is 29.8. The highest BCUT2D eigenvalue weighted by Gasteiger charge is 2.36. The van der Waals surface area contributed by atoms with Crippen LogP contribution in [0, 0.1) is 17.2 Å². The zero-order valence-electron chi connectivity index (χ0n) is 51.4. The minimum Gasteiger partial charge on any atom is -0.508 e. The fourth-order valence-electron chi connectivity index (χ4n) is 9.14. The van der Waals surface area contributed by atoms with Crippen molar-refractivity contribution in [1.29, 1.82) is 5.41 Å². The zero-order chi connectivity index (χ0) is 66.8. The molecule has 1 fully saturated rings. The van der Waals surface area contributed by atoms with Gasteiger partial charge in [0, 0.05) is 25.3 Å². The van der Waals surface area contributed by atoms with Crippen molar-refractivity contribution >= 4 is 95.4 Å². The Balaban J connectivity index is 2.16. The van der Waals surface area contributed by atoms with E-state index in [0.717, 1.165) is 0 Å². The van der Waals surface area contributed by atoms with Gasteiger partial charge in [-0.25, -0.2) is 0 Å². The van der Waals surface area contributed by atoms with Crippen molar-refractivity contribution in [3.05, 3.63) is 29.8 Å². The molecule has 33 heteroatoms. The number of hydrogen-bond donors (Lipinski definition) is 19. The van der Waals surface area contributed by atoms with Crippen molar-refractivity contribution in [2.24, 2.45) is 34.8 Å². The van der Waals surface area contributed by atoms with Crippen LogP contribution in [-0.4, -0.2) is 199 Å². The maximum absolute atomic E-state index is 13.9. The van der Waals surface area contributed by atoms with Crippen molar-refractivity contribution in [3.8, 4) is 5.75 Å². The van der Waals surface area contributed by atoms with E-state index in [4.69, 9.17) is 28.3 Å². The number of carbonyl (C=O) groups is 13. The Bertz CT molecular complexity index is 2580. The van der Waals surface area contributed by atoms with Crippen LogP contribution in [0.1, 0.15) is 111 Å². The SMILES string of the molecule is CCCC[C@H](NC(=O)CNC(=O)[C@H](Cc1ccc(O)cc1)NC(=O)CNC(=O)[C@H](CCCCN)NC(=O)CNC(=O)[C@H](CCCNC(=N)N)NC(=O)[C@@H](NC(=O)CNC(=O)[C@H](CC(C)C)NC(=O)[C@@H]1CCCN1C(=O)CN)C(C)C)C(=O)N[C@@H](CS)C(N)=O. The second-order valence-electron chi connectivity index (χ2n) is 22.1. The van der Waals surface area contributed by atoms with E-state index in [1.165, 1.54) is 29.2 Å². The molecule has 0 aromatic heterocycles. The molecule has 1 heterocycles. The predicted molar refractivity (Wildman–Crippen MR) is 330 cm³/mol. The molecule has 1 aromatic rings. The van der Waals surface area contributed by atoms with Crippen LogP contribution in [0.15, 0.2) is 24.3 Å². The maximum atomic E-state index is 13.9. The monoisotopic (exact) mass is 1270 g/mol. The molecular weight excluding hydrogens is 1180 g/mol. The molecule has 0 aliphatic carbocycles. The Morgan fingerprint density at radius 2 is 1.08 bits per heavy atom. The number of hydrogen-bond acceptors (Lipinski definition) is 18. The van der Waals surface area contributed by atoms with Crippen LogP contribution in [0.25, 0.3) is 0 Å². The number of phenols is 1. The number of phenolic OH excluding ortho intramolecular Hbond substituents is 1. The number of guanidine groups is 1. The van der Waals surface area contributed by atoms with Crippen molar-refractivity contribution in [3.63, 3.8) is 0 Å². The number of thiol groups is 1. The van der Waals surface area contributed by atoms with Gasteiger partial charge >= 0.3 is 0 Å². The van der Waals surface area contributed by atoms with Gasteiger partial charge in [0.2, 0.25) is 76.8 Å². The molecule has 1 aliphatic rings. The Morgan fingerprint density at radius 1 is 0.596 bits per heavy atom. The van der Waals surface area contributed by atoms with Crippen LogP contribution in [0.5, 0.6) is 5.75 Å². The first-order chi connectivity index (χ1) is 42.1. The number of benzene rings is 1. The zero-order valence-corrected chi connectivity index (χ0v) is 52.3. The van der Waals surface area contributed by atoms with Crippen LogP contribution in [0.3, 0.4) is 0 Å². The largest absolute Gasteiger partial charge is 0.508 e. The molecule has 2 rings (SSSR count). The second-order valence-corrected chi connectivity index (χ2v) is 22.5. The standard InChI is InChI=1S/C56H94N18O14S/c1-6-7-12-37(53(86)72-40(30-89)48(59)81)68-43(77)27-65-52(85)39(24-33-16-18-34(75)19-17-33)69-44(78)28-63-49(82)35(13-8-9-20-57)67-42(76)26-64-50(83)36(14-10-21-62-56(60)61)70-55(88)47(32(4)5)73-45(79)29-66-51(84)38(23-31(2)3)71-54(87)41-15-11-22-74(41)46(80)25-58/h16-19,31-32,35-41,47,75,89H,6-15,20-30,57-58H2,1-5H3,(H2,59,81)(H,63,82)(H,64,83)(H,65,85)(H,66,84)(H,67,76)(H,68,77)(H,69,78)(H,70,88)(H,71,87)(H,72,86)(H,73,79)(H4,60,61,62)/t35-,36-,37-,38-,39-,40-,41-,47-/m0/s1. The van der Waals surface area contributed by atoms with Gasteiger partial charge in [-0.05, 0) is 93.9 Å². The summed E-state index contributed by atoms with van der Waals surface area (Å²) in [5.41, 5.74) is 22.5. The van der Waals surface area contributed by atoms with E-state index in [1.54, 1.807) is 13.8 Å². The Morgan fingerprint density at radius 3 is 1.57 bits per heavy atom. The molecule has 0 saturated carbocycles. The van der Waals surface area contributed by atoms with Gasteiger partial charge in [-0.15, -0.1) is 0 Å². The molecule has 1 saturated heterocycles. The lowest BCUT2D eigenvalue weighted by molar-refractivity contribution is -0.139. The van der Waals surface area contributed by atoms with Crippen LogP contribution >= 0.6 is 12.6 Å². The molecule has 0 radical (unpaired) electrons. The van der Waals surface area contributed by atoms with E-state index in [1.807, 2.05) is 20.8 Å². The number of primary amides is 1. The summed E-state index contributed by atoms with van der Waals surface area (Å²) in [5, 5.41) is 47.6. The van der Waals surface area contributed by atoms with Gasteiger partial charge < -0.3 is 96.7 Å². The molecule has 1 aliphatic heterocycles. The number of rotatable bonds is 41. The smallest absolute Gasteiger partial charge is 0.243 e. The van der Waals surface area contributed by atoms with Gasteiger partial charge in [-0.2, -0.15) is 12.6 Å². The van der Waals surface area contributed by atoms with Gasteiger partial charge in [0.15, 0.2) is 5.96 Å². The molecule has 498 valence electrons. The molecule has 0 bridgehead atoms. The number of unbranched alkanes of at least 4 members (excludes halogenated alkanes) is 2. The van der Waals surface area contributed by atoms with Crippen molar-refractivity contribution in [2.75, 3.05) is 58.1 Å². The highest BCUT2D eigenvalue weighted by molar-refractivity contribution is 7.80. The number of amides is 13. The van der Waals surface area contributed by atoms with Crippen LogP contribution in [-0.2, 0) is 68.7 Å². The highest BCUT2D eigenvalue weighted by atomic mass is 32.1. The van der Waals surface area contributed by atoms with Crippen LogP contribution in [0.2, 0.25) is 0 Å². The maximum Gasteiger partial charge on any atom is 0.243 e. The fraction of sp³-hybridized carbons (Fsp3) is 0.643. The van der Waals surface area contributed by atoms with E-state index in [9.17, 15) is 67.4 Å². The third kappa shape index (κ3) is 29.5. The van der Waals surface area contributed by atoms with Gasteiger partial charge in [0.05, 0.1) is 32.7 Å². The summed E-state index contributed by atoms with van der Waals surface area (Å²) < 4.78 is 0. The van der Waals surface area contributed by atoms with Gasteiger partial charge in [-0.3, -0.25) is 67.7 Å². The third-order valence-electron chi connectivity index (χ3n) is 13.9. The van der Waals surface area contributed by atoms with E-state index in [-0.39, 0.29) is 81.5 Å². The summed E-state index contributed by atoms with van der Waals surface area (Å²) in [6.45, 7) is 6.51. The average Bonchev–Trinajstić information content (AvgIpc) is 3.87. The van der Waals surface area contributed by atoms with Crippen molar-refractivity contribution < 1.29 is 67.4 Å². The lowest BCUT2D eigenvalue weighted by atomic mass is 10.0. The van der Waals surface area contributed by atoms with E-state index >= 15 is 0 Å². The molecule has 13 amide bonds. The van der Waals surface area contributed by atoms with Crippen molar-refractivity contribution in [1.82, 2.24) is 68.7 Å². The Hall–Kier alpha value is -8.33. The molecule has 0 spiro atoms. The normalized spacial score (nSPS) is 15.0. The number of carbonyl (C=O) groups excluding carboxylic acids is 13. The number of nitrogens with two attached hydrogens (primary N) is 4. The molecule has 32 nitrogen and oxygen atoms in total. The molecule has 0 unspecified atom stereocenters. The number of aromatic hydroxyl groups is 1. The second kappa shape index (κ2) is 41.0. The van der Waals surface area contributed by atoms with E-state index in [0.29, 0.717) is 50.6 Å². The molecule has 8 atom stereocenters. The minimum absolute atomic E-state index is 0.0289. The van der Waals surface area contributed by atoms with Crippen LogP contribution < -0.4 is 86.7 Å². The number of likely N-dealkylation sites (tertiary alicyclic amines) is 1. The summed E-state index contributed by atoms with van der Waals surface area (Å²) in [6, 6.07) is -3.61. The lowest BCUT2D eigenvalue weighted by Gasteiger charge is -2.27. The molecule has 89 heavy (non-hydrogen) atoms. The van der Waals surface area contributed by atoms with Gasteiger partial charge in [-0.1, -0.05) is 59.6 Å². The number of nitrogens with one attached hydrogen (secondary N) is 13. The fourth-order valence-corrected chi connectivity index (χ4v) is 9.41. The summed E-state index contributed by atoms with van der Waals surface area (Å²) in [7, 11) is 0. The lowest BCUT2D eigenvalue weighted by Crippen LogP contribution is -2.58. The molecule has 1 aromatic carbocycles. The summed E-state index contributed by atoms with van der Waals surface area (Å²) >= 11 is 4.03. The van der Waals surface area contributed by atoms with Gasteiger partial charge in [0.1, 0.15) is 54.1 Å². The first-order valence-corrected chi connectivity index (χ1v) is 30.4. The number of nitrogens with zero attached hydrogens (tertiary/aromatic N) is 1. The minimum atomic E-state index is -1.36. The summed E-state index contributed by atoms with van der Waals surface area (Å²) in [6.07, 6.45) is 3.29. The average molecular weight is 1280 g/mol. The first kappa shape index (κ1) is 76.8. The topological polar surface area (TPSA) is 518 Å². The predicted octanol–water partition coefficient (Wildman–Crippen LogP) is -5.56.